The molecule has 1 amide bonds. The summed E-state index contributed by atoms with van der Waals surface area (Å²) in [5.74, 6) is 0.848. The summed E-state index contributed by atoms with van der Waals surface area (Å²) in [5, 5.41) is 1.71. The van der Waals surface area contributed by atoms with E-state index < -0.39 is 0 Å². The van der Waals surface area contributed by atoms with Gasteiger partial charge in [-0.25, -0.2) is 4.99 Å². The molecule has 2 aromatic rings. The number of amides is 1. The minimum Gasteiger partial charge on any atom is -0.497 e. The average Bonchev–Trinajstić information content (AvgIpc) is 3.25. The number of hydrogen-bond donors (Lipinski definition) is 0. The number of carbonyl (C=O) groups is 1. The van der Waals surface area contributed by atoms with Crippen LogP contribution in [0.25, 0.3) is 0 Å². The molecule has 0 radical (unpaired) electrons. The predicted octanol–water partition coefficient (Wildman–Crippen LogP) is 6.09. The number of amidine groups is 1. The van der Waals surface area contributed by atoms with Gasteiger partial charge in [-0.2, -0.15) is 0 Å². The molecule has 2 heterocycles. The maximum atomic E-state index is 13.5. The molecule has 0 N–H and O–H groups in total. The Morgan fingerprint density at radius 2 is 1.90 bits per heavy atom. The molecular weight excluding hydrogens is 426 g/mol. The fourth-order valence-corrected chi connectivity index (χ4v) is 5.87. The number of aryl methyl sites for hydroxylation is 2. The number of methoxy groups -OCH3 is 1. The lowest BCUT2D eigenvalue weighted by Crippen LogP contribution is -2.30. The van der Waals surface area contributed by atoms with E-state index in [2.05, 4.69) is 43.9 Å². The van der Waals surface area contributed by atoms with Gasteiger partial charge < -0.3 is 9.64 Å². The van der Waals surface area contributed by atoms with Crippen LogP contribution < -0.4 is 9.64 Å². The molecule has 0 spiro atoms. The number of benzene rings is 2. The average molecular weight is 454 g/mol. The first-order valence-corrected chi connectivity index (χ1v) is 12.1. The predicted molar refractivity (Wildman–Crippen MR) is 132 cm³/mol. The molecule has 5 nitrogen and oxygen atoms in total. The SMILES string of the molecule is CCCCN1C(=O)/C(=C2/Sc3ccc(OC)cc3N2C)SC1=Nc1cc(C)ccc1C. The van der Waals surface area contributed by atoms with Crippen molar-refractivity contribution in [3.05, 3.63) is 57.5 Å². The van der Waals surface area contributed by atoms with Crippen LogP contribution in [0.2, 0.25) is 0 Å². The summed E-state index contributed by atoms with van der Waals surface area (Å²) in [7, 11) is 3.67. The lowest BCUT2D eigenvalue weighted by atomic mass is 10.1. The minimum absolute atomic E-state index is 0.0385. The maximum absolute atomic E-state index is 13.5. The van der Waals surface area contributed by atoms with E-state index in [1.165, 1.54) is 11.8 Å². The van der Waals surface area contributed by atoms with Crippen molar-refractivity contribution in [2.75, 3.05) is 25.6 Å². The summed E-state index contributed by atoms with van der Waals surface area (Å²) in [5.41, 5.74) is 4.24. The molecule has 1 saturated heterocycles. The molecule has 4 rings (SSSR count). The van der Waals surface area contributed by atoms with Gasteiger partial charge in [0, 0.05) is 24.6 Å². The summed E-state index contributed by atoms with van der Waals surface area (Å²) < 4.78 is 5.38. The summed E-state index contributed by atoms with van der Waals surface area (Å²) in [6.45, 7) is 6.94. The number of carbonyl (C=O) groups excluding carboxylic acids is 1. The van der Waals surface area contributed by atoms with Crippen LogP contribution in [-0.2, 0) is 4.79 Å². The van der Waals surface area contributed by atoms with Crippen molar-refractivity contribution < 1.29 is 9.53 Å². The number of thioether (sulfide) groups is 2. The van der Waals surface area contributed by atoms with Crippen LogP contribution >= 0.6 is 23.5 Å². The first-order chi connectivity index (χ1) is 14.9. The molecule has 0 unspecified atom stereocenters. The van der Waals surface area contributed by atoms with Gasteiger partial charge in [-0.05, 0) is 61.4 Å². The second-order valence-corrected chi connectivity index (χ2v) is 9.73. The molecule has 0 aliphatic carbocycles. The third kappa shape index (κ3) is 4.21. The second-order valence-electron chi connectivity index (χ2n) is 7.73. The minimum atomic E-state index is 0.0385. The van der Waals surface area contributed by atoms with Crippen LogP contribution in [0.4, 0.5) is 11.4 Å². The Hall–Kier alpha value is -2.38. The third-order valence-corrected chi connectivity index (χ3v) is 7.84. The zero-order valence-electron chi connectivity index (χ0n) is 18.6. The molecule has 7 heteroatoms. The Morgan fingerprint density at radius 3 is 2.65 bits per heavy atom. The Labute approximate surface area is 192 Å². The highest BCUT2D eigenvalue weighted by atomic mass is 32.2. The molecule has 0 aromatic heterocycles. The van der Waals surface area contributed by atoms with Crippen molar-refractivity contribution in [1.29, 1.82) is 0 Å². The number of unbranched alkanes of at least 4 members (excludes halogenated alkanes) is 1. The van der Waals surface area contributed by atoms with Crippen LogP contribution in [0.1, 0.15) is 30.9 Å². The number of hydrogen-bond acceptors (Lipinski definition) is 6. The Balaban J connectivity index is 1.74. The van der Waals surface area contributed by atoms with Gasteiger partial charge in [-0.15, -0.1) is 0 Å². The van der Waals surface area contributed by atoms with Gasteiger partial charge in [-0.1, -0.05) is 37.2 Å². The van der Waals surface area contributed by atoms with E-state index in [1.807, 2.05) is 30.1 Å². The molecule has 2 aliphatic heterocycles. The third-order valence-electron chi connectivity index (χ3n) is 5.41. The van der Waals surface area contributed by atoms with Crippen LogP contribution in [-0.4, -0.2) is 36.7 Å². The van der Waals surface area contributed by atoms with Crippen LogP contribution in [0.15, 0.2) is 56.2 Å². The molecular formula is C24H27N3O2S2. The summed E-state index contributed by atoms with van der Waals surface area (Å²) in [6.07, 6.45) is 1.97. The quantitative estimate of drug-likeness (QED) is 0.513. The molecule has 162 valence electrons. The molecule has 0 saturated carbocycles. The van der Waals surface area contributed by atoms with Crippen molar-refractivity contribution in [3.8, 4) is 5.75 Å². The topological polar surface area (TPSA) is 45.1 Å². The van der Waals surface area contributed by atoms with Gasteiger partial charge >= 0.3 is 0 Å². The maximum Gasteiger partial charge on any atom is 0.269 e. The molecule has 0 atom stereocenters. The largest absolute Gasteiger partial charge is 0.497 e. The molecule has 2 aromatic carbocycles. The van der Waals surface area contributed by atoms with E-state index in [9.17, 15) is 4.79 Å². The monoisotopic (exact) mass is 453 g/mol. The molecule has 1 fully saturated rings. The van der Waals surface area contributed by atoms with Crippen molar-refractivity contribution >= 4 is 46.0 Å². The van der Waals surface area contributed by atoms with Crippen molar-refractivity contribution in [1.82, 2.24) is 4.90 Å². The number of nitrogens with zero attached hydrogens (tertiary/aromatic N) is 3. The normalized spacial score (nSPS) is 19.5. The Morgan fingerprint density at radius 1 is 1.10 bits per heavy atom. The van der Waals surface area contributed by atoms with Gasteiger partial charge in [0.2, 0.25) is 0 Å². The summed E-state index contributed by atoms with van der Waals surface area (Å²) >= 11 is 3.11. The van der Waals surface area contributed by atoms with Gasteiger partial charge in [0.15, 0.2) is 5.17 Å². The van der Waals surface area contributed by atoms with Crippen LogP contribution in [0.3, 0.4) is 0 Å². The van der Waals surface area contributed by atoms with E-state index in [-0.39, 0.29) is 5.91 Å². The van der Waals surface area contributed by atoms with Gasteiger partial charge in [0.25, 0.3) is 5.91 Å². The highest BCUT2D eigenvalue weighted by molar-refractivity contribution is 8.19. The van der Waals surface area contributed by atoms with Gasteiger partial charge in [-0.3, -0.25) is 9.69 Å². The Bertz CT molecular complexity index is 1090. The number of ether oxygens (including phenoxy) is 1. The fraction of sp³-hybridized carbons (Fsp3) is 0.333. The number of anilines is 1. The van der Waals surface area contributed by atoms with Gasteiger partial charge in [0.05, 0.1) is 23.5 Å². The van der Waals surface area contributed by atoms with Gasteiger partial charge in [0.1, 0.15) is 10.7 Å². The number of aliphatic imine (C=N–C) groups is 1. The van der Waals surface area contributed by atoms with Crippen LogP contribution in [0, 0.1) is 13.8 Å². The standard InChI is InChI=1S/C24H27N3O2S2/c1-6-7-12-27-22(28)21(31-24(27)25-18-13-15(2)8-9-16(18)3)23-26(4)19-14-17(29-5)10-11-20(19)30-23/h8-11,13-14H,6-7,12H2,1-5H3/b23-21-,25-24?. The summed E-state index contributed by atoms with van der Waals surface area (Å²) in [4.78, 5) is 24.2. The van der Waals surface area contributed by atoms with E-state index in [0.29, 0.717) is 6.54 Å². The first-order valence-electron chi connectivity index (χ1n) is 10.4. The lowest BCUT2D eigenvalue weighted by molar-refractivity contribution is -0.122. The van der Waals surface area contributed by atoms with E-state index in [0.717, 1.165) is 61.1 Å². The van der Waals surface area contributed by atoms with Crippen molar-refractivity contribution in [3.63, 3.8) is 0 Å². The van der Waals surface area contributed by atoms with Crippen molar-refractivity contribution in [2.24, 2.45) is 4.99 Å². The van der Waals surface area contributed by atoms with Crippen molar-refractivity contribution in [2.45, 2.75) is 38.5 Å². The number of fused-ring (bicyclic) bond motifs is 1. The molecule has 2 aliphatic rings. The summed E-state index contributed by atoms with van der Waals surface area (Å²) in [6, 6.07) is 12.3. The number of rotatable bonds is 5. The zero-order valence-corrected chi connectivity index (χ0v) is 20.2. The first kappa shape index (κ1) is 21.8. The smallest absolute Gasteiger partial charge is 0.269 e. The molecule has 31 heavy (non-hydrogen) atoms. The van der Waals surface area contributed by atoms with E-state index in [1.54, 1.807) is 18.9 Å². The second kappa shape index (κ2) is 9.01. The van der Waals surface area contributed by atoms with E-state index >= 15 is 0 Å². The highest BCUT2D eigenvalue weighted by Gasteiger charge is 2.39. The van der Waals surface area contributed by atoms with Crippen LogP contribution in [0.5, 0.6) is 5.75 Å². The fourth-order valence-electron chi connectivity index (χ4n) is 3.53. The van der Waals surface area contributed by atoms with E-state index in [4.69, 9.17) is 9.73 Å². The highest BCUT2D eigenvalue weighted by Crippen LogP contribution is 2.51. The molecule has 0 bridgehead atoms. The zero-order chi connectivity index (χ0) is 22.1. The Kier molecular flexibility index (Phi) is 6.34. The lowest BCUT2D eigenvalue weighted by Gasteiger charge is -2.16.